The summed E-state index contributed by atoms with van der Waals surface area (Å²) in [5.41, 5.74) is 0.795. The number of nitrogens with zero attached hydrogens (tertiary/aromatic N) is 3. The van der Waals surface area contributed by atoms with Gasteiger partial charge < -0.3 is 24.1 Å². The van der Waals surface area contributed by atoms with E-state index in [0.29, 0.717) is 42.9 Å². The van der Waals surface area contributed by atoms with E-state index in [1.54, 1.807) is 21.3 Å². The Morgan fingerprint density at radius 1 is 1.21 bits per heavy atom. The Morgan fingerprint density at radius 3 is 2.66 bits per heavy atom. The first-order valence-electron chi connectivity index (χ1n) is 9.68. The second-order valence-electron chi connectivity index (χ2n) is 6.92. The Balaban J connectivity index is 1.53. The molecule has 0 radical (unpaired) electrons. The molecule has 9 nitrogen and oxygen atoms in total. The number of methoxy groups -OCH3 is 3. The van der Waals surface area contributed by atoms with Crippen LogP contribution in [-0.4, -0.2) is 68.5 Å². The van der Waals surface area contributed by atoms with E-state index < -0.39 is 0 Å². The van der Waals surface area contributed by atoms with Crippen LogP contribution in [0.1, 0.15) is 18.7 Å². The zero-order valence-electron chi connectivity index (χ0n) is 17.1. The van der Waals surface area contributed by atoms with Crippen molar-refractivity contribution in [1.82, 2.24) is 20.4 Å². The van der Waals surface area contributed by atoms with E-state index in [2.05, 4.69) is 20.4 Å². The van der Waals surface area contributed by atoms with Crippen LogP contribution < -0.4 is 14.8 Å². The molecular formula is C20H28N4O5. The highest BCUT2D eigenvalue weighted by molar-refractivity contribution is 5.78. The van der Waals surface area contributed by atoms with Crippen molar-refractivity contribution in [2.45, 2.75) is 19.4 Å². The molecule has 1 N–H and O–H groups in total. The topological polar surface area (TPSA) is 99.0 Å². The van der Waals surface area contributed by atoms with Crippen molar-refractivity contribution >= 4 is 5.91 Å². The number of carbonyl (C=O) groups is 1. The molecule has 9 heteroatoms. The van der Waals surface area contributed by atoms with Crippen LogP contribution in [-0.2, 0) is 16.1 Å². The van der Waals surface area contributed by atoms with Crippen LogP contribution in [0.4, 0.5) is 0 Å². The predicted molar refractivity (Wildman–Crippen MR) is 106 cm³/mol. The number of amides is 1. The summed E-state index contributed by atoms with van der Waals surface area (Å²) in [6, 6.07) is 5.50. The number of aromatic nitrogens is 2. The van der Waals surface area contributed by atoms with Crippen molar-refractivity contribution in [2.24, 2.45) is 5.92 Å². The largest absolute Gasteiger partial charge is 0.493 e. The summed E-state index contributed by atoms with van der Waals surface area (Å²) in [6.45, 7) is 3.28. The molecule has 1 fully saturated rings. The standard InChI is InChI=1S/C20H28N4O5/c1-26-11-8-21-20(25)14-6-9-24(10-7-14)13-18-22-19(23-29-18)15-4-5-16(27-2)17(12-15)28-3/h4-5,12,14H,6-11,13H2,1-3H3,(H,21,25). The maximum atomic E-state index is 12.2. The molecule has 1 aliphatic heterocycles. The number of carbonyl (C=O) groups excluding carboxylic acids is 1. The molecule has 2 heterocycles. The molecule has 1 aromatic heterocycles. The molecule has 0 atom stereocenters. The molecule has 0 bridgehead atoms. The average molecular weight is 404 g/mol. The lowest BCUT2D eigenvalue weighted by atomic mass is 9.96. The highest BCUT2D eigenvalue weighted by atomic mass is 16.5. The quantitative estimate of drug-likeness (QED) is 0.631. The number of piperidine rings is 1. The first kappa shape index (κ1) is 21.1. The molecule has 0 unspecified atom stereocenters. The predicted octanol–water partition coefficient (Wildman–Crippen LogP) is 1.73. The number of hydrogen-bond donors (Lipinski definition) is 1. The molecule has 1 aromatic carbocycles. The van der Waals surface area contributed by atoms with Crippen molar-refractivity contribution in [2.75, 3.05) is 47.6 Å². The molecule has 1 aliphatic rings. The van der Waals surface area contributed by atoms with Crippen LogP contribution in [0.3, 0.4) is 0 Å². The zero-order valence-corrected chi connectivity index (χ0v) is 17.1. The van der Waals surface area contributed by atoms with Gasteiger partial charge in [0.1, 0.15) is 0 Å². The van der Waals surface area contributed by atoms with E-state index in [1.807, 2.05) is 18.2 Å². The number of rotatable bonds is 9. The number of likely N-dealkylation sites (tertiary alicyclic amines) is 1. The molecule has 0 saturated carbocycles. The Hall–Kier alpha value is -2.65. The van der Waals surface area contributed by atoms with Crippen LogP contribution >= 0.6 is 0 Å². The third-order valence-corrected chi connectivity index (χ3v) is 5.03. The monoisotopic (exact) mass is 404 g/mol. The second-order valence-corrected chi connectivity index (χ2v) is 6.92. The minimum absolute atomic E-state index is 0.0492. The SMILES string of the molecule is COCCNC(=O)C1CCN(Cc2nc(-c3ccc(OC)c(OC)c3)no2)CC1. The van der Waals surface area contributed by atoms with Gasteiger partial charge in [0, 0.05) is 25.1 Å². The van der Waals surface area contributed by atoms with Gasteiger partial charge in [-0.2, -0.15) is 4.98 Å². The van der Waals surface area contributed by atoms with Gasteiger partial charge in [0.2, 0.25) is 17.6 Å². The van der Waals surface area contributed by atoms with Crippen molar-refractivity contribution in [3.05, 3.63) is 24.1 Å². The molecule has 3 rings (SSSR count). The number of hydrogen-bond acceptors (Lipinski definition) is 8. The van der Waals surface area contributed by atoms with Crippen LogP contribution in [0.2, 0.25) is 0 Å². The van der Waals surface area contributed by atoms with Gasteiger partial charge in [-0.15, -0.1) is 0 Å². The average Bonchev–Trinajstić information content (AvgIpc) is 3.22. The fourth-order valence-electron chi connectivity index (χ4n) is 3.38. The lowest BCUT2D eigenvalue weighted by Crippen LogP contribution is -2.41. The molecule has 0 spiro atoms. The Bertz CT molecular complexity index is 802. The molecular weight excluding hydrogens is 376 g/mol. The van der Waals surface area contributed by atoms with Gasteiger partial charge >= 0.3 is 0 Å². The lowest BCUT2D eigenvalue weighted by molar-refractivity contribution is -0.126. The molecule has 29 heavy (non-hydrogen) atoms. The van der Waals surface area contributed by atoms with Gasteiger partial charge in [0.05, 0.1) is 27.4 Å². The first-order chi connectivity index (χ1) is 14.1. The molecule has 2 aromatic rings. The summed E-state index contributed by atoms with van der Waals surface area (Å²) in [5.74, 6) is 2.48. The Kier molecular flexibility index (Phi) is 7.42. The smallest absolute Gasteiger partial charge is 0.241 e. The highest BCUT2D eigenvalue weighted by Crippen LogP contribution is 2.31. The molecule has 1 saturated heterocycles. The highest BCUT2D eigenvalue weighted by Gasteiger charge is 2.25. The van der Waals surface area contributed by atoms with E-state index in [4.69, 9.17) is 18.7 Å². The van der Waals surface area contributed by atoms with Gasteiger partial charge in [-0.05, 0) is 44.1 Å². The summed E-state index contributed by atoms with van der Waals surface area (Å²) < 4.78 is 21.0. The minimum atomic E-state index is 0.0492. The molecule has 1 amide bonds. The van der Waals surface area contributed by atoms with Gasteiger partial charge in [0.15, 0.2) is 11.5 Å². The maximum absolute atomic E-state index is 12.2. The van der Waals surface area contributed by atoms with E-state index in [1.165, 1.54) is 0 Å². The second kappa shape index (κ2) is 10.2. The Labute approximate surface area is 170 Å². The van der Waals surface area contributed by atoms with Crippen molar-refractivity contribution in [1.29, 1.82) is 0 Å². The van der Waals surface area contributed by atoms with Gasteiger partial charge in [-0.25, -0.2) is 0 Å². The summed E-state index contributed by atoms with van der Waals surface area (Å²) in [5, 5.41) is 7.00. The number of nitrogens with one attached hydrogen (secondary N) is 1. The van der Waals surface area contributed by atoms with Crippen LogP contribution in [0.5, 0.6) is 11.5 Å². The number of benzene rings is 1. The minimum Gasteiger partial charge on any atom is -0.493 e. The van der Waals surface area contributed by atoms with Gasteiger partial charge in [-0.3, -0.25) is 9.69 Å². The van der Waals surface area contributed by atoms with Crippen LogP contribution in [0.15, 0.2) is 22.7 Å². The van der Waals surface area contributed by atoms with Gasteiger partial charge in [0.25, 0.3) is 0 Å². The third kappa shape index (κ3) is 5.45. The summed E-state index contributed by atoms with van der Waals surface area (Å²) in [6.07, 6.45) is 1.63. The maximum Gasteiger partial charge on any atom is 0.241 e. The lowest BCUT2D eigenvalue weighted by Gasteiger charge is -2.30. The molecule has 0 aliphatic carbocycles. The van der Waals surface area contributed by atoms with Crippen molar-refractivity contribution < 1.29 is 23.5 Å². The van der Waals surface area contributed by atoms with Crippen LogP contribution in [0, 0.1) is 5.92 Å². The Morgan fingerprint density at radius 2 is 1.97 bits per heavy atom. The van der Waals surface area contributed by atoms with Crippen molar-refractivity contribution in [3.8, 4) is 22.9 Å². The van der Waals surface area contributed by atoms with E-state index >= 15 is 0 Å². The normalized spacial score (nSPS) is 15.3. The summed E-state index contributed by atoms with van der Waals surface area (Å²) in [7, 11) is 4.81. The van der Waals surface area contributed by atoms with Crippen molar-refractivity contribution in [3.63, 3.8) is 0 Å². The van der Waals surface area contributed by atoms with E-state index in [0.717, 1.165) is 31.5 Å². The third-order valence-electron chi connectivity index (χ3n) is 5.03. The fourth-order valence-corrected chi connectivity index (χ4v) is 3.38. The van der Waals surface area contributed by atoms with E-state index in [-0.39, 0.29) is 11.8 Å². The van der Waals surface area contributed by atoms with Crippen LogP contribution in [0.25, 0.3) is 11.4 Å². The van der Waals surface area contributed by atoms with E-state index in [9.17, 15) is 4.79 Å². The fraction of sp³-hybridized carbons (Fsp3) is 0.550. The van der Waals surface area contributed by atoms with Gasteiger partial charge in [-0.1, -0.05) is 5.16 Å². The summed E-state index contributed by atoms with van der Waals surface area (Å²) in [4.78, 5) is 18.9. The number of ether oxygens (including phenoxy) is 3. The summed E-state index contributed by atoms with van der Waals surface area (Å²) >= 11 is 0. The molecule has 158 valence electrons. The first-order valence-corrected chi connectivity index (χ1v) is 9.68. The zero-order chi connectivity index (χ0) is 20.6.